The summed E-state index contributed by atoms with van der Waals surface area (Å²) < 4.78 is 0. The number of carbonyl (C=O) groups is 1. The van der Waals surface area contributed by atoms with E-state index in [-0.39, 0.29) is 11.9 Å². The molecule has 0 fully saturated rings. The van der Waals surface area contributed by atoms with Gasteiger partial charge in [-0.15, -0.1) is 0 Å². The Kier molecular flexibility index (Phi) is 1.96. The minimum Gasteiger partial charge on any atom is -0.369 e. The van der Waals surface area contributed by atoms with Crippen LogP contribution in [0.4, 0.5) is 5.69 Å². The van der Waals surface area contributed by atoms with Crippen LogP contribution in [-0.4, -0.2) is 18.2 Å². The van der Waals surface area contributed by atoms with Crippen LogP contribution >= 0.6 is 0 Å². The van der Waals surface area contributed by atoms with E-state index in [1.54, 1.807) is 6.21 Å². The predicted octanol–water partition coefficient (Wildman–Crippen LogP) is 0.583. The number of hydrogen-bond donors (Lipinski definition) is 2. The maximum Gasteiger partial charge on any atom is 0.268 e. The van der Waals surface area contributed by atoms with E-state index in [4.69, 9.17) is 0 Å². The van der Waals surface area contributed by atoms with Crippen LogP contribution in [-0.2, 0) is 4.79 Å². The fourth-order valence-electron chi connectivity index (χ4n) is 1.13. The molecule has 1 aromatic carbocycles. The summed E-state index contributed by atoms with van der Waals surface area (Å²) in [5, 5.41) is 6.68. The lowest BCUT2D eigenvalue weighted by molar-refractivity contribution is -0.119. The van der Waals surface area contributed by atoms with Crippen molar-refractivity contribution in [1.29, 1.82) is 0 Å². The van der Waals surface area contributed by atoms with Crippen LogP contribution < -0.4 is 10.7 Å². The smallest absolute Gasteiger partial charge is 0.268 e. The molecule has 13 heavy (non-hydrogen) atoms. The standard InChI is InChI=1S/C9H9N3O/c13-9-8(6-10-12-9)11-7-4-2-1-3-5-7/h1-6,8,11H,(H,12,13). The summed E-state index contributed by atoms with van der Waals surface area (Å²) in [6, 6.07) is 9.20. The van der Waals surface area contributed by atoms with E-state index < -0.39 is 0 Å². The van der Waals surface area contributed by atoms with E-state index in [1.807, 2.05) is 30.3 Å². The van der Waals surface area contributed by atoms with Gasteiger partial charge < -0.3 is 5.32 Å². The first-order valence-electron chi connectivity index (χ1n) is 4.01. The molecule has 0 saturated carbocycles. The van der Waals surface area contributed by atoms with Gasteiger partial charge in [0.15, 0.2) is 0 Å². The lowest BCUT2D eigenvalue weighted by Crippen LogP contribution is -2.31. The second kappa shape index (κ2) is 3.26. The van der Waals surface area contributed by atoms with Crippen LogP contribution in [0.1, 0.15) is 0 Å². The largest absolute Gasteiger partial charge is 0.369 e. The first-order chi connectivity index (χ1) is 6.36. The number of anilines is 1. The van der Waals surface area contributed by atoms with Crippen LogP contribution in [0.25, 0.3) is 0 Å². The SMILES string of the molecule is O=C1NN=CC1Nc1ccccc1. The van der Waals surface area contributed by atoms with Gasteiger partial charge in [-0.2, -0.15) is 5.10 Å². The first-order valence-corrected chi connectivity index (χ1v) is 4.01. The monoisotopic (exact) mass is 175 g/mol. The topological polar surface area (TPSA) is 53.5 Å². The number of rotatable bonds is 2. The van der Waals surface area contributed by atoms with Gasteiger partial charge in [0.05, 0.1) is 6.21 Å². The molecular formula is C9H9N3O. The van der Waals surface area contributed by atoms with Crippen molar-refractivity contribution >= 4 is 17.8 Å². The molecule has 2 N–H and O–H groups in total. The zero-order valence-corrected chi connectivity index (χ0v) is 6.90. The van der Waals surface area contributed by atoms with E-state index in [1.165, 1.54) is 0 Å². The molecule has 1 atom stereocenters. The van der Waals surface area contributed by atoms with Crippen molar-refractivity contribution in [2.75, 3.05) is 5.32 Å². The number of hydrazone groups is 1. The van der Waals surface area contributed by atoms with Crippen LogP contribution in [0.5, 0.6) is 0 Å². The van der Waals surface area contributed by atoms with Gasteiger partial charge in [-0.1, -0.05) is 18.2 Å². The molecule has 2 rings (SSSR count). The average Bonchev–Trinajstić information content (AvgIpc) is 2.54. The molecule has 1 aliphatic heterocycles. The molecule has 0 bridgehead atoms. The van der Waals surface area contributed by atoms with E-state index in [2.05, 4.69) is 15.8 Å². The molecule has 1 aromatic rings. The Labute approximate surface area is 75.6 Å². The van der Waals surface area contributed by atoms with E-state index in [9.17, 15) is 4.79 Å². The molecule has 4 heteroatoms. The van der Waals surface area contributed by atoms with Crippen molar-refractivity contribution in [1.82, 2.24) is 5.43 Å². The Morgan fingerprint density at radius 2 is 2.08 bits per heavy atom. The lowest BCUT2D eigenvalue weighted by Gasteiger charge is -2.08. The molecular weight excluding hydrogens is 166 g/mol. The fourth-order valence-corrected chi connectivity index (χ4v) is 1.13. The van der Waals surface area contributed by atoms with Gasteiger partial charge in [0.1, 0.15) is 6.04 Å². The third-order valence-electron chi connectivity index (χ3n) is 1.78. The molecule has 1 unspecified atom stereocenters. The quantitative estimate of drug-likeness (QED) is 0.691. The Hall–Kier alpha value is -1.84. The Balaban J connectivity index is 2.06. The summed E-state index contributed by atoms with van der Waals surface area (Å²) in [6.45, 7) is 0. The van der Waals surface area contributed by atoms with Crippen molar-refractivity contribution in [2.45, 2.75) is 6.04 Å². The van der Waals surface area contributed by atoms with Crippen LogP contribution in [0.3, 0.4) is 0 Å². The predicted molar refractivity (Wildman–Crippen MR) is 50.5 cm³/mol. The minimum atomic E-state index is -0.345. The molecule has 0 spiro atoms. The number of amides is 1. The Morgan fingerprint density at radius 3 is 2.69 bits per heavy atom. The van der Waals surface area contributed by atoms with Crippen molar-refractivity contribution in [3.63, 3.8) is 0 Å². The van der Waals surface area contributed by atoms with E-state index in [0.717, 1.165) is 5.69 Å². The first kappa shape index (κ1) is 7.79. The number of carbonyl (C=O) groups excluding carboxylic acids is 1. The molecule has 0 aliphatic carbocycles. The van der Waals surface area contributed by atoms with Crippen molar-refractivity contribution in [3.8, 4) is 0 Å². The summed E-state index contributed by atoms with van der Waals surface area (Å²) in [5.41, 5.74) is 3.27. The van der Waals surface area contributed by atoms with Gasteiger partial charge in [0.25, 0.3) is 5.91 Å². The second-order valence-corrected chi connectivity index (χ2v) is 2.74. The normalized spacial score (nSPS) is 20.0. The van der Waals surface area contributed by atoms with Crippen molar-refractivity contribution in [3.05, 3.63) is 30.3 Å². The highest BCUT2D eigenvalue weighted by molar-refractivity contribution is 6.03. The third kappa shape index (κ3) is 1.66. The number of benzene rings is 1. The molecule has 66 valence electrons. The maximum atomic E-state index is 11.1. The number of nitrogens with zero attached hydrogens (tertiary/aromatic N) is 1. The van der Waals surface area contributed by atoms with Gasteiger partial charge in [-0.05, 0) is 12.1 Å². The Morgan fingerprint density at radius 1 is 1.31 bits per heavy atom. The van der Waals surface area contributed by atoms with Gasteiger partial charge in [-0.25, -0.2) is 5.43 Å². The van der Waals surface area contributed by atoms with Gasteiger partial charge >= 0.3 is 0 Å². The highest BCUT2D eigenvalue weighted by Gasteiger charge is 2.19. The molecule has 0 saturated heterocycles. The van der Waals surface area contributed by atoms with Crippen LogP contribution in [0, 0.1) is 0 Å². The second-order valence-electron chi connectivity index (χ2n) is 2.74. The highest BCUT2D eigenvalue weighted by atomic mass is 16.2. The van der Waals surface area contributed by atoms with Crippen molar-refractivity contribution in [2.24, 2.45) is 5.10 Å². The zero-order valence-electron chi connectivity index (χ0n) is 6.90. The summed E-state index contributed by atoms with van der Waals surface area (Å²) in [5.74, 6) is -0.121. The van der Waals surface area contributed by atoms with Gasteiger partial charge in [-0.3, -0.25) is 4.79 Å². The zero-order chi connectivity index (χ0) is 9.10. The fraction of sp³-hybridized carbons (Fsp3) is 0.111. The van der Waals surface area contributed by atoms with Crippen LogP contribution in [0.2, 0.25) is 0 Å². The van der Waals surface area contributed by atoms with Crippen molar-refractivity contribution < 1.29 is 4.79 Å². The van der Waals surface area contributed by atoms with E-state index >= 15 is 0 Å². The summed E-state index contributed by atoms with van der Waals surface area (Å²) in [6.07, 6.45) is 1.55. The maximum absolute atomic E-state index is 11.1. The van der Waals surface area contributed by atoms with Gasteiger partial charge in [0.2, 0.25) is 0 Å². The average molecular weight is 175 g/mol. The molecule has 1 aliphatic rings. The third-order valence-corrected chi connectivity index (χ3v) is 1.78. The van der Waals surface area contributed by atoms with E-state index in [0.29, 0.717) is 0 Å². The summed E-state index contributed by atoms with van der Waals surface area (Å²) >= 11 is 0. The number of nitrogens with one attached hydrogen (secondary N) is 2. The molecule has 0 aromatic heterocycles. The summed E-state index contributed by atoms with van der Waals surface area (Å²) in [7, 11) is 0. The molecule has 0 radical (unpaired) electrons. The Bertz CT molecular complexity index is 334. The van der Waals surface area contributed by atoms with Gasteiger partial charge in [0, 0.05) is 5.69 Å². The minimum absolute atomic E-state index is 0.121. The highest BCUT2D eigenvalue weighted by Crippen LogP contribution is 2.07. The summed E-state index contributed by atoms with van der Waals surface area (Å²) in [4.78, 5) is 11.1. The molecule has 4 nitrogen and oxygen atoms in total. The lowest BCUT2D eigenvalue weighted by atomic mass is 10.2. The number of para-hydroxylation sites is 1. The number of hydrogen-bond acceptors (Lipinski definition) is 3. The molecule has 1 amide bonds. The molecule has 1 heterocycles. The van der Waals surface area contributed by atoms with Crippen LogP contribution in [0.15, 0.2) is 35.4 Å².